The van der Waals surface area contributed by atoms with E-state index in [0.717, 1.165) is 5.56 Å². The summed E-state index contributed by atoms with van der Waals surface area (Å²) < 4.78 is 4.73. The van der Waals surface area contributed by atoms with E-state index in [1.165, 1.54) is 18.9 Å². The Morgan fingerprint density at radius 3 is 2.57 bits per heavy atom. The van der Waals surface area contributed by atoms with Crippen molar-refractivity contribution in [1.82, 2.24) is 5.32 Å². The lowest BCUT2D eigenvalue weighted by Gasteiger charge is -2.30. The minimum Gasteiger partial charge on any atom is -0.468 e. The Morgan fingerprint density at radius 1 is 1.38 bits per heavy atom. The van der Waals surface area contributed by atoms with E-state index in [9.17, 15) is 14.9 Å². The first-order chi connectivity index (χ1) is 10.1. The normalized spacial score (nSPS) is 21.5. The molecule has 21 heavy (non-hydrogen) atoms. The second-order valence-electron chi connectivity index (χ2n) is 4.44. The van der Waals surface area contributed by atoms with Crippen LogP contribution in [0, 0.1) is 17.2 Å². The summed E-state index contributed by atoms with van der Waals surface area (Å²) in [6, 6.07) is 11.2. The van der Waals surface area contributed by atoms with Crippen molar-refractivity contribution in [3.63, 3.8) is 0 Å². The fourth-order valence-electron chi connectivity index (χ4n) is 2.39. The van der Waals surface area contributed by atoms with E-state index in [2.05, 4.69) is 11.4 Å². The van der Waals surface area contributed by atoms with Crippen LogP contribution < -0.4 is 5.32 Å². The van der Waals surface area contributed by atoms with Crippen LogP contribution in [0.15, 0.2) is 40.9 Å². The molecule has 0 radical (unpaired) electrons. The third kappa shape index (κ3) is 2.78. The van der Waals surface area contributed by atoms with Crippen molar-refractivity contribution in [1.29, 1.82) is 5.26 Å². The van der Waals surface area contributed by atoms with Gasteiger partial charge in [-0.2, -0.15) is 5.26 Å². The lowest BCUT2D eigenvalue weighted by Crippen LogP contribution is -2.44. The van der Waals surface area contributed by atoms with Crippen molar-refractivity contribution in [2.24, 2.45) is 5.92 Å². The molecule has 0 aliphatic carbocycles. The van der Waals surface area contributed by atoms with Gasteiger partial charge in [0.25, 0.3) is 0 Å². The molecule has 1 aliphatic rings. The average molecular weight is 302 g/mol. The summed E-state index contributed by atoms with van der Waals surface area (Å²) in [5, 5.41) is 12.6. The molecule has 0 spiro atoms. The molecule has 1 aromatic carbocycles. The highest BCUT2D eigenvalue weighted by molar-refractivity contribution is 8.02. The van der Waals surface area contributed by atoms with Gasteiger partial charge in [-0.1, -0.05) is 30.3 Å². The van der Waals surface area contributed by atoms with Gasteiger partial charge < -0.3 is 10.1 Å². The number of carbonyl (C=O) groups excluding carboxylic acids is 2. The monoisotopic (exact) mass is 302 g/mol. The second kappa shape index (κ2) is 6.46. The molecule has 0 aromatic heterocycles. The number of methoxy groups -OCH3 is 1. The molecule has 108 valence electrons. The van der Waals surface area contributed by atoms with E-state index in [4.69, 9.17) is 4.74 Å². The standard InChI is InChI=1S/C15H14N2O3S/c1-20-15(19)12-11(9-6-4-3-5-7-9)10(8-16)14(21-2)17-13(12)18/h3-7,11-12H,1-2H3,(H,17,18)/t11-,12+/m0/s1. The summed E-state index contributed by atoms with van der Waals surface area (Å²) in [6.07, 6.45) is 1.77. The predicted octanol–water partition coefficient (Wildman–Crippen LogP) is 1.79. The quantitative estimate of drug-likeness (QED) is 0.680. The molecule has 0 bridgehead atoms. The zero-order valence-corrected chi connectivity index (χ0v) is 12.4. The molecular weight excluding hydrogens is 288 g/mol. The maximum atomic E-state index is 12.2. The van der Waals surface area contributed by atoms with E-state index >= 15 is 0 Å². The summed E-state index contributed by atoms with van der Waals surface area (Å²) in [5.41, 5.74) is 1.12. The van der Waals surface area contributed by atoms with E-state index in [-0.39, 0.29) is 0 Å². The van der Waals surface area contributed by atoms with E-state index in [1.54, 1.807) is 18.4 Å². The molecule has 1 N–H and O–H groups in total. The summed E-state index contributed by atoms with van der Waals surface area (Å²) >= 11 is 1.28. The Kier molecular flexibility index (Phi) is 4.66. The maximum absolute atomic E-state index is 12.2. The number of nitrogens with one attached hydrogen (secondary N) is 1. The van der Waals surface area contributed by atoms with Crippen molar-refractivity contribution in [2.45, 2.75) is 5.92 Å². The minimum absolute atomic E-state index is 0.378. The number of hydrogen-bond acceptors (Lipinski definition) is 5. The van der Waals surface area contributed by atoms with Crippen LogP contribution in [-0.2, 0) is 14.3 Å². The van der Waals surface area contributed by atoms with Crippen LogP contribution >= 0.6 is 11.8 Å². The van der Waals surface area contributed by atoms with Crippen molar-refractivity contribution in [3.05, 3.63) is 46.5 Å². The number of amides is 1. The Hall–Kier alpha value is -2.26. The number of allylic oxidation sites excluding steroid dienone is 1. The second-order valence-corrected chi connectivity index (χ2v) is 5.25. The molecular formula is C15H14N2O3S. The average Bonchev–Trinajstić information content (AvgIpc) is 2.53. The van der Waals surface area contributed by atoms with Gasteiger partial charge in [0.05, 0.1) is 23.8 Å². The Morgan fingerprint density at radius 2 is 2.05 bits per heavy atom. The Labute approximate surface area is 127 Å². The van der Waals surface area contributed by atoms with Crippen molar-refractivity contribution < 1.29 is 14.3 Å². The fraction of sp³-hybridized carbons (Fsp3) is 0.267. The van der Waals surface area contributed by atoms with Gasteiger partial charge in [-0.05, 0) is 11.8 Å². The van der Waals surface area contributed by atoms with Gasteiger partial charge in [-0.25, -0.2) is 0 Å². The molecule has 2 atom stereocenters. The number of carbonyl (C=O) groups is 2. The number of thioether (sulfide) groups is 1. The number of esters is 1. The zero-order chi connectivity index (χ0) is 15.4. The van der Waals surface area contributed by atoms with Crippen LogP contribution in [0.3, 0.4) is 0 Å². The van der Waals surface area contributed by atoms with Crippen LogP contribution in [-0.4, -0.2) is 25.2 Å². The first-order valence-electron chi connectivity index (χ1n) is 6.26. The Bertz CT molecular complexity index is 634. The molecule has 1 aliphatic heterocycles. The van der Waals surface area contributed by atoms with Crippen LogP contribution in [0.25, 0.3) is 0 Å². The summed E-state index contributed by atoms with van der Waals surface area (Å²) in [6.45, 7) is 0. The molecule has 1 aromatic rings. The third-order valence-corrected chi connectivity index (χ3v) is 4.08. The molecule has 6 heteroatoms. The highest BCUT2D eigenvalue weighted by atomic mass is 32.2. The number of ether oxygens (including phenoxy) is 1. The lowest BCUT2D eigenvalue weighted by molar-refractivity contribution is -0.150. The van der Waals surface area contributed by atoms with E-state index < -0.39 is 23.7 Å². The molecule has 0 fully saturated rings. The number of nitriles is 1. The SMILES string of the molecule is COC(=O)[C@H]1C(=O)NC(SC)=C(C#N)[C@@H]1c1ccccc1. The predicted molar refractivity (Wildman–Crippen MR) is 79.0 cm³/mol. The van der Waals surface area contributed by atoms with Gasteiger partial charge in [0, 0.05) is 5.92 Å². The smallest absolute Gasteiger partial charge is 0.319 e. The van der Waals surface area contributed by atoms with Crippen molar-refractivity contribution in [2.75, 3.05) is 13.4 Å². The van der Waals surface area contributed by atoms with Crippen LogP contribution in [0.4, 0.5) is 0 Å². The Balaban J connectivity index is 2.62. The van der Waals surface area contributed by atoms with Gasteiger partial charge in [0.1, 0.15) is 5.92 Å². The van der Waals surface area contributed by atoms with Crippen LogP contribution in [0.5, 0.6) is 0 Å². The van der Waals surface area contributed by atoms with Gasteiger partial charge >= 0.3 is 5.97 Å². The van der Waals surface area contributed by atoms with Crippen molar-refractivity contribution >= 4 is 23.6 Å². The summed E-state index contributed by atoms with van der Waals surface area (Å²) in [4.78, 5) is 24.2. The zero-order valence-electron chi connectivity index (χ0n) is 11.6. The third-order valence-electron chi connectivity index (χ3n) is 3.35. The number of rotatable bonds is 3. The highest BCUT2D eigenvalue weighted by Crippen LogP contribution is 2.39. The van der Waals surface area contributed by atoms with Crippen LogP contribution in [0.2, 0.25) is 0 Å². The maximum Gasteiger partial charge on any atom is 0.319 e. The van der Waals surface area contributed by atoms with Gasteiger partial charge in [0.15, 0.2) is 0 Å². The molecule has 0 saturated carbocycles. The number of hydrogen-bond donors (Lipinski definition) is 1. The van der Waals surface area contributed by atoms with Gasteiger partial charge in [-0.15, -0.1) is 11.8 Å². The highest BCUT2D eigenvalue weighted by Gasteiger charge is 2.43. The minimum atomic E-state index is -1.05. The fourth-order valence-corrected chi connectivity index (χ4v) is 2.98. The molecule has 2 rings (SSSR count). The van der Waals surface area contributed by atoms with Crippen molar-refractivity contribution in [3.8, 4) is 6.07 Å². The molecule has 1 heterocycles. The van der Waals surface area contributed by atoms with E-state index in [1.807, 2.05) is 18.2 Å². The molecule has 1 amide bonds. The van der Waals surface area contributed by atoms with Gasteiger partial charge in [-0.3, -0.25) is 9.59 Å². The molecule has 0 unspecified atom stereocenters. The molecule has 5 nitrogen and oxygen atoms in total. The van der Waals surface area contributed by atoms with Crippen LogP contribution in [0.1, 0.15) is 11.5 Å². The topological polar surface area (TPSA) is 79.2 Å². The number of benzene rings is 1. The largest absolute Gasteiger partial charge is 0.468 e. The molecule has 0 saturated heterocycles. The van der Waals surface area contributed by atoms with Gasteiger partial charge in [0.2, 0.25) is 5.91 Å². The lowest BCUT2D eigenvalue weighted by atomic mass is 9.78. The summed E-state index contributed by atoms with van der Waals surface area (Å²) in [7, 11) is 1.23. The number of nitrogens with zero attached hydrogens (tertiary/aromatic N) is 1. The first kappa shape index (κ1) is 15.1. The summed E-state index contributed by atoms with van der Waals surface area (Å²) in [5.74, 6) is -2.77. The van der Waals surface area contributed by atoms with E-state index in [0.29, 0.717) is 10.6 Å². The first-order valence-corrected chi connectivity index (χ1v) is 7.48.